The Morgan fingerprint density at radius 3 is 2.29 bits per heavy atom. The van der Waals surface area contributed by atoms with Gasteiger partial charge < -0.3 is 0 Å². The molecule has 0 atom stereocenters. The van der Waals surface area contributed by atoms with E-state index in [2.05, 4.69) is 26.1 Å². The minimum absolute atomic E-state index is 0.0711. The van der Waals surface area contributed by atoms with Gasteiger partial charge in [-0.15, -0.1) is 5.10 Å². The smallest absolute Gasteiger partial charge is 0.266 e. The van der Waals surface area contributed by atoms with E-state index < -0.39 is 23.6 Å². The Balaban J connectivity index is 1.47. The van der Waals surface area contributed by atoms with Crippen molar-refractivity contribution in [1.82, 2.24) is 30.8 Å². The number of amides is 2. The molecule has 0 unspecified atom stereocenters. The third-order valence-electron chi connectivity index (χ3n) is 4.30. The van der Waals surface area contributed by atoms with Crippen molar-refractivity contribution in [2.24, 2.45) is 0 Å². The van der Waals surface area contributed by atoms with Gasteiger partial charge in [-0.3, -0.25) is 20.4 Å². The fourth-order valence-corrected chi connectivity index (χ4v) is 2.83. The van der Waals surface area contributed by atoms with Crippen molar-refractivity contribution in [1.29, 1.82) is 0 Å². The van der Waals surface area contributed by atoms with Crippen LogP contribution in [-0.4, -0.2) is 31.8 Å². The van der Waals surface area contributed by atoms with E-state index in [-0.39, 0.29) is 17.1 Å². The maximum absolute atomic E-state index is 13.2. The van der Waals surface area contributed by atoms with E-state index in [1.165, 1.54) is 24.3 Å². The first-order chi connectivity index (χ1) is 14.8. The molecule has 4 rings (SSSR count). The molecule has 0 aliphatic carbocycles. The Kier molecular flexibility index (Phi) is 5.07. The lowest BCUT2D eigenvalue weighted by molar-refractivity contribution is -0.137. The number of hydrogen-bond donors (Lipinski definition) is 2. The van der Waals surface area contributed by atoms with Crippen molar-refractivity contribution in [3.05, 3.63) is 83.8 Å². The molecule has 8 nitrogen and oxygen atoms in total. The number of fused-ring (bicyclic) bond motifs is 1. The van der Waals surface area contributed by atoms with E-state index in [0.717, 1.165) is 22.3 Å². The Hall–Kier alpha value is -4.28. The van der Waals surface area contributed by atoms with E-state index in [9.17, 15) is 22.8 Å². The SMILES string of the molecule is O=C(NNC(=O)c1ccc2ccccc2n1)c1cn(-c2ccccc2C(F)(F)F)nn1. The van der Waals surface area contributed by atoms with Gasteiger partial charge in [0.2, 0.25) is 0 Å². The molecular weight excluding hydrogens is 413 g/mol. The van der Waals surface area contributed by atoms with E-state index >= 15 is 0 Å². The average molecular weight is 426 g/mol. The lowest BCUT2D eigenvalue weighted by atomic mass is 10.1. The molecule has 0 aliphatic heterocycles. The highest BCUT2D eigenvalue weighted by molar-refractivity contribution is 5.98. The highest BCUT2D eigenvalue weighted by Crippen LogP contribution is 2.33. The van der Waals surface area contributed by atoms with E-state index in [1.54, 1.807) is 18.2 Å². The van der Waals surface area contributed by atoms with Crippen molar-refractivity contribution in [3.63, 3.8) is 0 Å². The van der Waals surface area contributed by atoms with Gasteiger partial charge in [0.1, 0.15) is 5.69 Å². The second-order valence-corrected chi connectivity index (χ2v) is 6.36. The second-order valence-electron chi connectivity index (χ2n) is 6.36. The fourth-order valence-electron chi connectivity index (χ4n) is 2.83. The zero-order valence-corrected chi connectivity index (χ0v) is 15.6. The van der Waals surface area contributed by atoms with Crippen LogP contribution in [-0.2, 0) is 6.18 Å². The van der Waals surface area contributed by atoms with Crippen molar-refractivity contribution in [3.8, 4) is 5.69 Å². The summed E-state index contributed by atoms with van der Waals surface area (Å²) >= 11 is 0. The molecule has 2 aromatic heterocycles. The van der Waals surface area contributed by atoms with Gasteiger partial charge in [-0.05, 0) is 24.3 Å². The lowest BCUT2D eigenvalue weighted by Gasteiger charge is -2.11. The van der Waals surface area contributed by atoms with Gasteiger partial charge in [0.05, 0.1) is 23.0 Å². The standard InChI is InChI=1S/C20H13F3N6O2/c21-20(22,23)13-6-2-4-8-17(13)29-11-16(25-28-29)19(31)27-26-18(30)15-10-9-12-5-1-3-7-14(12)24-15/h1-11H,(H,26,30)(H,27,31). The molecule has 0 saturated carbocycles. The summed E-state index contributed by atoms with van der Waals surface area (Å²) in [5.74, 6) is -1.53. The van der Waals surface area contributed by atoms with Crippen LogP contribution in [0.1, 0.15) is 26.5 Å². The van der Waals surface area contributed by atoms with Gasteiger partial charge >= 0.3 is 6.18 Å². The summed E-state index contributed by atoms with van der Waals surface area (Å²) in [5.41, 5.74) is 3.50. The largest absolute Gasteiger partial charge is 0.418 e. The third-order valence-corrected chi connectivity index (χ3v) is 4.30. The predicted octanol–water partition coefficient (Wildman–Crippen LogP) is 2.91. The summed E-state index contributed by atoms with van der Waals surface area (Å²) < 4.78 is 40.4. The van der Waals surface area contributed by atoms with Crippen molar-refractivity contribution >= 4 is 22.7 Å². The Morgan fingerprint density at radius 2 is 1.52 bits per heavy atom. The van der Waals surface area contributed by atoms with E-state index in [1.807, 2.05) is 12.1 Å². The summed E-state index contributed by atoms with van der Waals surface area (Å²) in [6.45, 7) is 0. The van der Waals surface area contributed by atoms with Crippen LogP contribution in [0.15, 0.2) is 66.9 Å². The molecule has 0 saturated heterocycles. The van der Waals surface area contributed by atoms with Crippen LogP contribution >= 0.6 is 0 Å². The molecule has 0 radical (unpaired) electrons. The minimum atomic E-state index is -4.61. The van der Waals surface area contributed by atoms with Crippen LogP contribution < -0.4 is 10.9 Å². The molecule has 31 heavy (non-hydrogen) atoms. The second kappa shape index (κ2) is 7.86. The highest BCUT2D eigenvalue weighted by Gasteiger charge is 2.34. The molecule has 11 heteroatoms. The van der Waals surface area contributed by atoms with Gasteiger partial charge in [-0.2, -0.15) is 13.2 Å². The predicted molar refractivity (Wildman–Crippen MR) is 103 cm³/mol. The number of nitrogens with one attached hydrogen (secondary N) is 2. The number of para-hydroxylation sites is 2. The van der Waals surface area contributed by atoms with Crippen molar-refractivity contribution in [2.75, 3.05) is 0 Å². The number of halogens is 3. The Labute approximate surface area is 172 Å². The van der Waals surface area contributed by atoms with Gasteiger partial charge in [0.25, 0.3) is 11.8 Å². The fraction of sp³-hybridized carbons (Fsp3) is 0.0500. The molecule has 2 amide bonds. The number of nitrogens with zero attached hydrogens (tertiary/aromatic N) is 4. The summed E-state index contributed by atoms with van der Waals surface area (Å²) in [7, 11) is 0. The number of benzene rings is 2. The first kappa shape index (κ1) is 20.0. The van der Waals surface area contributed by atoms with Crippen molar-refractivity contribution < 1.29 is 22.8 Å². The first-order valence-corrected chi connectivity index (χ1v) is 8.88. The number of carbonyl (C=O) groups excluding carboxylic acids is 2. The summed E-state index contributed by atoms with van der Waals surface area (Å²) in [6, 6.07) is 15.1. The van der Waals surface area contributed by atoms with Crippen LogP contribution in [0.4, 0.5) is 13.2 Å². The molecule has 0 bridgehead atoms. The topological polar surface area (TPSA) is 102 Å². The third kappa shape index (κ3) is 4.20. The number of hydrazine groups is 1. The van der Waals surface area contributed by atoms with E-state index in [4.69, 9.17) is 0 Å². The number of alkyl halides is 3. The zero-order valence-electron chi connectivity index (χ0n) is 15.6. The van der Waals surface area contributed by atoms with Gasteiger partial charge in [0.15, 0.2) is 5.69 Å². The number of rotatable bonds is 3. The maximum Gasteiger partial charge on any atom is 0.418 e. The zero-order chi connectivity index (χ0) is 22.0. The normalized spacial score (nSPS) is 11.3. The molecule has 0 fully saturated rings. The quantitative estimate of drug-likeness (QED) is 0.491. The van der Waals surface area contributed by atoms with Gasteiger partial charge in [-0.25, -0.2) is 9.67 Å². The van der Waals surface area contributed by atoms with E-state index in [0.29, 0.717) is 5.52 Å². The van der Waals surface area contributed by atoms with Crippen LogP contribution in [0.25, 0.3) is 16.6 Å². The number of carbonyl (C=O) groups is 2. The molecule has 4 aromatic rings. The van der Waals surface area contributed by atoms with Gasteiger partial charge in [0, 0.05) is 5.39 Å². The summed E-state index contributed by atoms with van der Waals surface area (Å²) in [6.07, 6.45) is -3.58. The van der Waals surface area contributed by atoms with Crippen LogP contribution in [0, 0.1) is 0 Å². The summed E-state index contributed by atoms with van der Waals surface area (Å²) in [5, 5.41) is 8.00. The number of hydrogen-bond acceptors (Lipinski definition) is 5. The molecule has 156 valence electrons. The first-order valence-electron chi connectivity index (χ1n) is 8.88. The monoisotopic (exact) mass is 426 g/mol. The maximum atomic E-state index is 13.2. The Bertz CT molecular complexity index is 1290. The molecule has 0 spiro atoms. The minimum Gasteiger partial charge on any atom is -0.266 e. The number of pyridine rings is 1. The molecule has 0 aliphatic rings. The molecule has 2 heterocycles. The molecular formula is C20H13F3N6O2. The van der Waals surface area contributed by atoms with Crippen LogP contribution in [0.2, 0.25) is 0 Å². The lowest BCUT2D eigenvalue weighted by Crippen LogP contribution is -2.42. The van der Waals surface area contributed by atoms with Gasteiger partial charge in [-0.1, -0.05) is 41.6 Å². The average Bonchev–Trinajstić information content (AvgIpc) is 3.26. The summed E-state index contributed by atoms with van der Waals surface area (Å²) in [4.78, 5) is 28.7. The number of aromatic nitrogens is 4. The molecule has 2 aromatic carbocycles. The van der Waals surface area contributed by atoms with Crippen LogP contribution in [0.3, 0.4) is 0 Å². The Morgan fingerprint density at radius 1 is 0.839 bits per heavy atom. The molecule has 2 N–H and O–H groups in total. The highest BCUT2D eigenvalue weighted by atomic mass is 19.4. The van der Waals surface area contributed by atoms with Crippen LogP contribution in [0.5, 0.6) is 0 Å². The van der Waals surface area contributed by atoms with Crippen molar-refractivity contribution in [2.45, 2.75) is 6.18 Å².